The Morgan fingerprint density at radius 1 is 1.07 bits per heavy atom. The maximum absolute atomic E-state index is 6.06. The van der Waals surface area contributed by atoms with Gasteiger partial charge in [0.2, 0.25) is 5.88 Å². The van der Waals surface area contributed by atoms with Crippen LogP contribution in [0.3, 0.4) is 0 Å². The van der Waals surface area contributed by atoms with Gasteiger partial charge in [-0.1, -0.05) is 0 Å². The van der Waals surface area contributed by atoms with Crippen molar-refractivity contribution in [2.24, 2.45) is 0 Å². The third-order valence-electron chi connectivity index (χ3n) is 4.96. The molecule has 7 nitrogen and oxygen atoms in total. The number of nitrogens with one attached hydrogen (secondary N) is 1. The normalized spacial score (nSPS) is 22.0. The minimum Gasteiger partial charge on any atom is -0.496 e. The first kappa shape index (κ1) is 18.4. The van der Waals surface area contributed by atoms with E-state index in [1.54, 1.807) is 18.0 Å². The molecule has 7 heteroatoms. The molecule has 0 saturated carbocycles. The SMILES string of the molecule is COc1cc(-n2cccn2)ccc1-c1ccc(OC2C[C@@H](C)N[C@H](C)C2)nn1. The minimum absolute atomic E-state index is 0.161. The van der Waals surface area contributed by atoms with E-state index in [2.05, 4.69) is 34.5 Å². The van der Waals surface area contributed by atoms with Crippen LogP contribution in [-0.4, -0.2) is 45.3 Å². The highest BCUT2D eigenvalue weighted by Gasteiger charge is 2.25. The molecule has 2 aromatic heterocycles. The Hall–Kier alpha value is -2.93. The average Bonchev–Trinajstić information content (AvgIpc) is 3.22. The molecule has 146 valence electrons. The highest BCUT2D eigenvalue weighted by atomic mass is 16.5. The first-order valence-electron chi connectivity index (χ1n) is 9.57. The first-order valence-corrected chi connectivity index (χ1v) is 9.57. The van der Waals surface area contributed by atoms with E-state index in [0.29, 0.717) is 18.0 Å². The van der Waals surface area contributed by atoms with E-state index in [1.807, 2.05) is 42.6 Å². The molecule has 4 rings (SSSR count). The lowest BCUT2D eigenvalue weighted by atomic mass is 9.98. The molecule has 1 saturated heterocycles. The Balaban J connectivity index is 1.52. The van der Waals surface area contributed by atoms with Crippen LogP contribution in [0.5, 0.6) is 11.6 Å². The van der Waals surface area contributed by atoms with E-state index >= 15 is 0 Å². The van der Waals surface area contributed by atoms with Crippen molar-refractivity contribution in [2.75, 3.05) is 7.11 Å². The quantitative estimate of drug-likeness (QED) is 0.734. The highest BCUT2D eigenvalue weighted by Crippen LogP contribution is 2.31. The van der Waals surface area contributed by atoms with Gasteiger partial charge >= 0.3 is 0 Å². The van der Waals surface area contributed by atoms with Crippen molar-refractivity contribution in [1.29, 1.82) is 0 Å². The number of ether oxygens (including phenoxy) is 2. The number of piperidine rings is 1. The van der Waals surface area contributed by atoms with Crippen molar-refractivity contribution in [1.82, 2.24) is 25.3 Å². The van der Waals surface area contributed by atoms with Crippen LogP contribution < -0.4 is 14.8 Å². The summed E-state index contributed by atoms with van der Waals surface area (Å²) in [5, 5.41) is 16.4. The summed E-state index contributed by atoms with van der Waals surface area (Å²) in [5.41, 5.74) is 2.54. The van der Waals surface area contributed by atoms with Crippen molar-refractivity contribution in [2.45, 2.75) is 44.9 Å². The van der Waals surface area contributed by atoms with E-state index in [4.69, 9.17) is 9.47 Å². The van der Waals surface area contributed by atoms with Gasteiger partial charge in [0.15, 0.2) is 0 Å². The Morgan fingerprint density at radius 2 is 1.89 bits per heavy atom. The molecule has 0 spiro atoms. The minimum atomic E-state index is 0.161. The lowest BCUT2D eigenvalue weighted by Crippen LogP contribution is -2.46. The van der Waals surface area contributed by atoms with Crippen LogP contribution in [0.1, 0.15) is 26.7 Å². The molecule has 0 radical (unpaired) electrons. The fourth-order valence-electron chi connectivity index (χ4n) is 3.76. The largest absolute Gasteiger partial charge is 0.496 e. The van der Waals surface area contributed by atoms with Crippen molar-refractivity contribution in [3.8, 4) is 28.6 Å². The number of benzene rings is 1. The van der Waals surface area contributed by atoms with Crippen molar-refractivity contribution in [3.05, 3.63) is 48.8 Å². The Kier molecular flexibility index (Phi) is 5.25. The zero-order valence-corrected chi connectivity index (χ0v) is 16.4. The predicted octanol–water partition coefficient (Wildman–Crippen LogP) is 3.25. The standard InChI is InChI=1S/C21H25N5O2/c1-14-11-17(12-15(2)23-14)28-21-8-7-19(24-25-21)18-6-5-16(13-20(18)27-3)26-10-4-9-22-26/h4-10,13-15,17,23H,11-12H2,1-3H3/t14-,15-/m1/s1. The van der Waals surface area contributed by atoms with E-state index in [1.165, 1.54) is 0 Å². The van der Waals surface area contributed by atoms with Gasteiger partial charge in [-0.25, -0.2) is 4.68 Å². The van der Waals surface area contributed by atoms with E-state index < -0.39 is 0 Å². The summed E-state index contributed by atoms with van der Waals surface area (Å²) in [4.78, 5) is 0. The molecule has 3 aromatic rings. The molecule has 1 aromatic carbocycles. The second-order valence-corrected chi connectivity index (χ2v) is 7.27. The molecular weight excluding hydrogens is 354 g/mol. The van der Waals surface area contributed by atoms with E-state index in [-0.39, 0.29) is 6.10 Å². The zero-order chi connectivity index (χ0) is 19.5. The summed E-state index contributed by atoms with van der Waals surface area (Å²) in [6, 6.07) is 12.4. The summed E-state index contributed by atoms with van der Waals surface area (Å²) in [6.45, 7) is 4.36. The fourth-order valence-corrected chi connectivity index (χ4v) is 3.76. The third-order valence-corrected chi connectivity index (χ3v) is 4.96. The van der Waals surface area contributed by atoms with Gasteiger partial charge < -0.3 is 14.8 Å². The predicted molar refractivity (Wildman–Crippen MR) is 107 cm³/mol. The topological polar surface area (TPSA) is 74.1 Å². The molecule has 0 unspecified atom stereocenters. The Labute approximate surface area is 164 Å². The summed E-state index contributed by atoms with van der Waals surface area (Å²) in [7, 11) is 1.65. The number of aromatic nitrogens is 4. The second kappa shape index (κ2) is 7.98. The summed E-state index contributed by atoms with van der Waals surface area (Å²) >= 11 is 0. The van der Waals surface area contributed by atoms with Crippen molar-refractivity contribution < 1.29 is 9.47 Å². The smallest absolute Gasteiger partial charge is 0.233 e. The third kappa shape index (κ3) is 3.99. The molecule has 1 aliphatic heterocycles. The maximum atomic E-state index is 6.06. The maximum Gasteiger partial charge on any atom is 0.233 e. The molecule has 0 bridgehead atoms. The van der Waals surface area contributed by atoms with Gasteiger partial charge in [0.05, 0.1) is 18.5 Å². The molecule has 0 aliphatic carbocycles. The molecule has 0 amide bonds. The van der Waals surface area contributed by atoms with Crippen LogP contribution in [0.4, 0.5) is 0 Å². The fraction of sp³-hybridized carbons (Fsp3) is 0.381. The Bertz CT molecular complexity index is 901. The molecule has 1 fully saturated rings. The molecule has 28 heavy (non-hydrogen) atoms. The van der Waals surface area contributed by atoms with Crippen LogP contribution in [0, 0.1) is 0 Å². The van der Waals surface area contributed by atoms with Gasteiger partial charge in [0, 0.05) is 42.2 Å². The van der Waals surface area contributed by atoms with Gasteiger partial charge in [-0.2, -0.15) is 5.10 Å². The van der Waals surface area contributed by atoms with Crippen LogP contribution >= 0.6 is 0 Å². The summed E-state index contributed by atoms with van der Waals surface area (Å²) in [6.07, 6.45) is 5.74. The van der Waals surface area contributed by atoms with E-state index in [0.717, 1.165) is 35.5 Å². The second-order valence-electron chi connectivity index (χ2n) is 7.27. The van der Waals surface area contributed by atoms with Gasteiger partial charge in [-0.15, -0.1) is 10.2 Å². The number of hydrogen-bond acceptors (Lipinski definition) is 6. The lowest BCUT2D eigenvalue weighted by molar-refractivity contribution is 0.117. The number of rotatable bonds is 5. The summed E-state index contributed by atoms with van der Waals surface area (Å²) in [5.74, 6) is 1.28. The van der Waals surface area contributed by atoms with Crippen molar-refractivity contribution in [3.63, 3.8) is 0 Å². The molecular formula is C21H25N5O2. The first-order chi connectivity index (χ1) is 13.6. The van der Waals surface area contributed by atoms with E-state index in [9.17, 15) is 0 Å². The van der Waals surface area contributed by atoms with Crippen LogP contribution in [0.2, 0.25) is 0 Å². The number of hydrogen-bond donors (Lipinski definition) is 1. The highest BCUT2D eigenvalue weighted by molar-refractivity contribution is 5.69. The van der Waals surface area contributed by atoms with Crippen molar-refractivity contribution >= 4 is 0 Å². The number of nitrogens with zero attached hydrogens (tertiary/aromatic N) is 4. The van der Waals surface area contributed by atoms with Gasteiger partial charge in [0.1, 0.15) is 11.9 Å². The number of methoxy groups -OCH3 is 1. The monoisotopic (exact) mass is 379 g/mol. The van der Waals surface area contributed by atoms with Gasteiger partial charge in [-0.3, -0.25) is 0 Å². The van der Waals surface area contributed by atoms with Crippen LogP contribution in [0.25, 0.3) is 16.9 Å². The van der Waals surface area contributed by atoms with Crippen LogP contribution in [0.15, 0.2) is 48.8 Å². The Morgan fingerprint density at radius 3 is 2.54 bits per heavy atom. The lowest BCUT2D eigenvalue weighted by Gasteiger charge is -2.32. The molecule has 1 N–H and O–H groups in total. The molecule has 1 aliphatic rings. The van der Waals surface area contributed by atoms with Gasteiger partial charge in [0.25, 0.3) is 0 Å². The van der Waals surface area contributed by atoms with Crippen LogP contribution in [-0.2, 0) is 0 Å². The molecule has 2 atom stereocenters. The zero-order valence-electron chi connectivity index (χ0n) is 16.4. The summed E-state index contributed by atoms with van der Waals surface area (Å²) < 4.78 is 13.4. The molecule has 3 heterocycles. The van der Waals surface area contributed by atoms with Gasteiger partial charge in [-0.05, 0) is 51.0 Å². The average molecular weight is 379 g/mol.